The van der Waals surface area contributed by atoms with Crippen LogP contribution in [0.4, 0.5) is 0 Å². The number of carbonyl (C=O) groups is 1. The number of rotatable bonds is 4. The zero-order valence-electron chi connectivity index (χ0n) is 17.4. The third-order valence-electron chi connectivity index (χ3n) is 4.94. The van der Waals surface area contributed by atoms with E-state index >= 15 is 0 Å². The number of methoxy groups -OCH3 is 1. The van der Waals surface area contributed by atoms with E-state index in [1.807, 2.05) is 43.3 Å². The van der Waals surface area contributed by atoms with Gasteiger partial charge in [-0.05, 0) is 47.7 Å². The SMILES string of the molecule is COc1ccc(C[C@@]2(C)OC(c3ccc(C(C)(C)C)cc3)=NN2C(C)=O)cc1. The monoisotopic (exact) mass is 380 g/mol. The number of amides is 1. The van der Waals surface area contributed by atoms with E-state index in [2.05, 4.69) is 38.0 Å². The highest BCUT2D eigenvalue weighted by Crippen LogP contribution is 2.32. The summed E-state index contributed by atoms with van der Waals surface area (Å²) in [6.07, 6.45) is 0.518. The van der Waals surface area contributed by atoms with Crippen molar-refractivity contribution in [1.29, 1.82) is 0 Å². The van der Waals surface area contributed by atoms with Crippen LogP contribution in [-0.2, 0) is 21.4 Å². The van der Waals surface area contributed by atoms with E-state index in [9.17, 15) is 4.79 Å². The average Bonchev–Trinajstić information content (AvgIpc) is 2.99. The Kier molecular flexibility index (Phi) is 5.20. The van der Waals surface area contributed by atoms with Gasteiger partial charge in [-0.25, -0.2) is 0 Å². The van der Waals surface area contributed by atoms with Crippen LogP contribution < -0.4 is 4.74 Å². The molecule has 5 nitrogen and oxygen atoms in total. The fourth-order valence-electron chi connectivity index (χ4n) is 3.33. The molecule has 1 atom stereocenters. The van der Waals surface area contributed by atoms with Crippen LogP contribution >= 0.6 is 0 Å². The van der Waals surface area contributed by atoms with Crippen LogP contribution in [0.3, 0.4) is 0 Å². The third kappa shape index (κ3) is 4.03. The van der Waals surface area contributed by atoms with Crippen molar-refractivity contribution in [2.75, 3.05) is 7.11 Å². The molecule has 0 fully saturated rings. The van der Waals surface area contributed by atoms with Gasteiger partial charge in [0.2, 0.25) is 17.5 Å². The number of hydrogen-bond donors (Lipinski definition) is 0. The molecule has 1 aliphatic heterocycles. The highest BCUT2D eigenvalue weighted by Gasteiger charge is 2.43. The van der Waals surface area contributed by atoms with Gasteiger partial charge < -0.3 is 9.47 Å². The van der Waals surface area contributed by atoms with Gasteiger partial charge in [0.1, 0.15) is 5.75 Å². The molecule has 5 heteroatoms. The first-order chi connectivity index (χ1) is 13.1. The molecule has 28 heavy (non-hydrogen) atoms. The molecular formula is C23H28N2O3. The second-order valence-corrected chi connectivity index (χ2v) is 8.37. The van der Waals surface area contributed by atoms with E-state index < -0.39 is 5.72 Å². The van der Waals surface area contributed by atoms with Crippen LogP contribution in [0.2, 0.25) is 0 Å². The molecule has 0 aliphatic carbocycles. The Morgan fingerprint density at radius 2 is 1.71 bits per heavy atom. The van der Waals surface area contributed by atoms with Gasteiger partial charge >= 0.3 is 0 Å². The number of hydrogen-bond acceptors (Lipinski definition) is 4. The Morgan fingerprint density at radius 1 is 1.11 bits per heavy atom. The molecule has 0 aromatic heterocycles. The smallest absolute Gasteiger partial charge is 0.243 e. The molecule has 0 spiro atoms. The number of ether oxygens (including phenoxy) is 2. The molecule has 0 bridgehead atoms. The van der Waals surface area contributed by atoms with Crippen molar-refractivity contribution in [3.05, 3.63) is 65.2 Å². The largest absolute Gasteiger partial charge is 0.497 e. The van der Waals surface area contributed by atoms with Crippen LogP contribution in [0.1, 0.15) is 51.3 Å². The van der Waals surface area contributed by atoms with Crippen LogP contribution in [0.5, 0.6) is 5.75 Å². The first kappa shape index (κ1) is 19.9. The van der Waals surface area contributed by atoms with Gasteiger partial charge in [-0.2, -0.15) is 5.01 Å². The van der Waals surface area contributed by atoms with E-state index in [4.69, 9.17) is 9.47 Å². The van der Waals surface area contributed by atoms with Gasteiger partial charge in [0.05, 0.1) is 7.11 Å². The number of benzene rings is 2. The molecule has 0 saturated carbocycles. The molecule has 3 rings (SSSR count). The lowest BCUT2D eigenvalue weighted by Gasteiger charge is -2.30. The Morgan fingerprint density at radius 3 is 2.21 bits per heavy atom. The van der Waals surface area contributed by atoms with Gasteiger partial charge in [0.25, 0.3) is 0 Å². The lowest BCUT2D eigenvalue weighted by atomic mass is 9.87. The van der Waals surface area contributed by atoms with E-state index in [-0.39, 0.29) is 11.3 Å². The maximum Gasteiger partial charge on any atom is 0.243 e. The van der Waals surface area contributed by atoms with Crippen LogP contribution in [0, 0.1) is 0 Å². The quantitative estimate of drug-likeness (QED) is 0.785. The minimum absolute atomic E-state index is 0.0746. The standard InChI is InChI=1S/C23H28N2O3/c1-16(26)25-23(5,15-17-7-13-20(27-6)14-8-17)28-21(24-25)18-9-11-19(12-10-18)22(2,3)4/h7-14H,15H2,1-6H3/t23-/m1/s1. The second-order valence-electron chi connectivity index (χ2n) is 8.37. The van der Waals surface area contributed by atoms with Crippen LogP contribution in [-0.4, -0.2) is 29.6 Å². The van der Waals surface area contributed by atoms with Gasteiger partial charge in [-0.15, -0.1) is 5.10 Å². The van der Waals surface area contributed by atoms with Crippen molar-refractivity contribution in [3.63, 3.8) is 0 Å². The summed E-state index contributed by atoms with van der Waals surface area (Å²) >= 11 is 0. The van der Waals surface area contributed by atoms with Crippen molar-refractivity contribution in [2.24, 2.45) is 5.10 Å². The maximum atomic E-state index is 12.2. The zero-order valence-corrected chi connectivity index (χ0v) is 17.4. The van der Waals surface area contributed by atoms with Crippen LogP contribution in [0.15, 0.2) is 53.6 Å². The number of hydrazone groups is 1. The van der Waals surface area contributed by atoms with Gasteiger partial charge in [-0.3, -0.25) is 4.79 Å². The first-order valence-electron chi connectivity index (χ1n) is 9.45. The first-order valence-corrected chi connectivity index (χ1v) is 9.45. The van der Waals surface area contributed by atoms with Crippen LogP contribution in [0.25, 0.3) is 0 Å². The summed E-state index contributed by atoms with van der Waals surface area (Å²) < 4.78 is 11.4. The van der Waals surface area contributed by atoms with Crippen molar-refractivity contribution < 1.29 is 14.3 Å². The molecule has 2 aromatic carbocycles. The molecule has 1 amide bonds. The van der Waals surface area contributed by atoms with Crippen molar-refractivity contribution in [2.45, 2.75) is 52.2 Å². The molecular weight excluding hydrogens is 352 g/mol. The molecule has 0 radical (unpaired) electrons. The Bertz CT molecular complexity index is 880. The van der Waals surface area contributed by atoms with Gasteiger partial charge in [0.15, 0.2) is 0 Å². The fourth-order valence-corrected chi connectivity index (χ4v) is 3.33. The van der Waals surface area contributed by atoms with Gasteiger partial charge in [-0.1, -0.05) is 45.0 Å². The van der Waals surface area contributed by atoms with Gasteiger partial charge in [0, 0.05) is 18.9 Å². The lowest BCUT2D eigenvalue weighted by molar-refractivity contribution is -0.144. The summed E-state index contributed by atoms with van der Waals surface area (Å²) in [6, 6.07) is 15.9. The Balaban J connectivity index is 1.85. The summed E-state index contributed by atoms with van der Waals surface area (Å²) in [5.41, 5.74) is 2.33. The van der Waals surface area contributed by atoms with E-state index in [1.165, 1.54) is 17.5 Å². The minimum atomic E-state index is -0.877. The predicted octanol–water partition coefficient (Wildman–Crippen LogP) is 4.49. The Hall–Kier alpha value is -2.82. The summed E-state index contributed by atoms with van der Waals surface area (Å²) in [5.74, 6) is 1.10. The summed E-state index contributed by atoms with van der Waals surface area (Å²) in [6.45, 7) is 9.92. The van der Waals surface area contributed by atoms with Crippen molar-refractivity contribution >= 4 is 11.8 Å². The van der Waals surface area contributed by atoms with Crippen molar-refractivity contribution in [1.82, 2.24) is 5.01 Å². The van der Waals surface area contributed by atoms with Crippen molar-refractivity contribution in [3.8, 4) is 5.75 Å². The fraction of sp³-hybridized carbons (Fsp3) is 0.391. The van der Waals surface area contributed by atoms with E-state index in [1.54, 1.807) is 7.11 Å². The summed E-state index contributed by atoms with van der Waals surface area (Å²) in [7, 11) is 1.64. The number of carbonyl (C=O) groups excluding carboxylic acids is 1. The molecule has 1 aliphatic rings. The molecule has 1 heterocycles. The van der Waals surface area contributed by atoms with E-state index in [0.717, 1.165) is 16.9 Å². The molecule has 0 unspecified atom stereocenters. The molecule has 0 saturated heterocycles. The number of nitrogens with zero attached hydrogens (tertiary/aromatic N) is 2. The highest BCUT2D eigenvalue weighted by molar-refractivity contribution is 5.96. The maximum absolute atomic E-state index is 12.2. The molecule has 148 valence electrons. The lowest BCUT2D eigenvalue weighted by Crippen LogP contribution is -2.45. The summed E-state index contributed by atoms with van der Waals surface area (Å²) in [5, 5.41) is 5.92. The molecule has 0 N–H and O–H groups in total. The molecule has 2 aromatic rings. The Labute approximate surface area is 167 Å². The second kappa shape index (κ2) is 7.30. The average molecular weight is 380 g/mol. The topological polar surface area (TPSA) is 51.1 Å². The summed E-state index contributed by atoms with van der Waals surface area (Å²) in [4.78, 5) is 12.2. The third-order valence-corrected chi connectivity index (χ3v) is 4.94. The van der Waals surface area contributed by atoms with E-state index in [0.29, 0.717) is 12.3 Å². The predicted molar refractivity (Wildman–Crippen MR) is 110 cm³/mol. The highest BCUT2D eigenvalue weighted by atomic mass is 16.6. The minimum Gasteiger partial charge on any atom is -0.497 e. The normalized spacial score (nSPS) is 19.2. The zero-order chi connectivity index (χ0) is 20.5.